The van der Waals surface area contributed by atoms with Gasteiger partial charge in [-0.15, -0.1) is 0 Å². The highest BCUT2D eigenvalue weighted by Crippen LogP contribution is 2.32. The maximum atomic E-state index is 13.0. The Morgan fingerprint density at radius 1 is 1.33 bits per heavy atom. The Bertz CT molecular complexity index is 965. The van der Waals surface area contributed by atoms with Crippen molar-refractivity contribution in [1.29, 1.82) is 0 Å². The van der Waals surface area contributed by atoms with Gasteiger partial charge in [0.05, 0.1) is 5.71 Å². The van der Waals surface area contributed by atoms with E-state index in [1.165, 1.54) is 17.9 Å². The highest BCUT2D eigenvalue weighted by molar-refractivity contribution is 5.92. The smallest absolute Gasteiger partial charge is 0.276 e. The zero-order chi connectivity index (χ0) is 22.0. The van der Waals surface area contributed by atoms with E-state index < -0.39 is 6.43 Å². The van der Waals surface area contributed by atoms with Crippen molar-refractivity contribution in [3.8, 4) is 0 Å². The predicted octanol–water partition coefficient (Wildman–Crippen LogP) is 3.31. The lowest BCUT2D eigenvalue weighted by molar-refractivity contribution is 0.0646. The maximum Gasteiger partial charge on any atom is 0.276 e. The van der Waals surface area contributed by atoms with Crippen LogP contribution >= 0.6 is 0 Å². The van der Waals surface area contributed by atoms with Gasteiger partial charge in [0.1, 0.15) is 17.8 Å². The molecule has 2 aromatic rings. The lowest BCUT2D eigenvalue weighted by atomic mass is 9.85. The number of nitrogens with zero attached hydrogens (tertiary/aromatic N) is 7. The second-order valence-corrected chi connectivity index (χ2v) is 7.58. The normalized spacial score (nSPS) is 20.0. The van der Waals surface area contributed by atoms with Crippen LogP contribution in [0, 0.1) is 25.7 Å². The molecule has 1 saturated heterocycles. The second kappa shape index (κ2) is 8.76. The SMILES string of the molecule is C=C([C@@H]1CN(C(=O)c2cc(C)nc(C)n2)CC[C@H]1C)n1ncnc1N=C(C)C(F)F. The molecule has 0 aromatic carbocycles. The average Bonchev–Trinajstić information content (AvgIpc) is 3.14. The highest BCUT2D eigenvalue weighted by Gasteiger charge is 2.33. The fraction of sp³-hybridized carbons (Fsp3) is 0.500. The van der Waals surface area contributed by atoms with Gasteiger partial charge in [0.25, 0.3) is 18.3 Å². The van der Waals surface area contributed by atoms with E-state index in [1.54, 1.807) is 17.9 Å². The van der Waals surface area contributed by atoms with Gasteiger partial charge in [-0.05, 0) is 39.2 Å². The molecule has 2 atom stereocenters. The topological polar surface area (TPSA) is 89.2 Å². The summed E-state index contributed by atoms with van der Waals surface area (Å²) in [4.78, 5) is 31.1. The summed E-state index contributed by atoms with van der Waals surface area (Å²) in [6.45, 7) is 12.0. The average molecular weight is 417 g/mol. The Kier molecular flexibility index (Phi) is 6.33. The summed E-state index contributed by atoms with van der Waals surface area (Å²) in [5.74, 6) is 0.514. The molecule has 160 valence electrons. The minimum Gasteiger partial charge on any atom is -0.337 e. The Morgan fingerprint density at radius 2 is 2.07 bits per heavy atom. The standard InChI is InChI=1S/C20H25F2N7O/c1-11-6-7-28(19(30)17-8-12(2)25-15(5)27-17)9-16(11)14(4)29-20(23-10-24-29)26-13(3)18(21)22/h8,10-11,16,18H,4,6-7,9H2,1-3,5H3/t11-,16-/m1/s1. The molecule has 30 heavy (non-hydrogen) atoms. The predicted molar refractivity (Wildman–Crippen MR) is 109 cm³/mol. The zero-order valence-electron chi connectivity index (χ0n) is 17.5. The number of likely N-dealkylation sites (tertiary alicyclic amines) is 1. The summed E-state index contributed by atoms with van der Waals surface area (Å²) in [5, 5.41) is 4.12. The Balaban J connectivity index is 1.83. The largest absolute Gasteiger partial charge is 0.337 e. The van der Waals surface area contributed by atoms with Gasteiger partial charge in [-0.3, -0.25) is 4.79 Å². The fourth-order valence-corrected chi connectivity index (χ4v) is 3.55. The minimum atomic E-state index is -2.68. The fourth-order valence-electron chi connectivity index (χ4n) is 3.55. The van der Waals surface area contributed by atoms with E-state index in [4.69, 9.17) is 0 Å². The third-order valence-electron chi connectivity index (χ3n) is 5.25. The molecule has 10 heteroatoms. The van der Waals surface area contributed by atoms with Crippen LogP contribution in [0.3, 0.4) is 0 Å². The molecule has 0 N–H and O–H groups in total. The number of carbonyl (C=O) groups excluding carboxylic acids is 1. The first kappa shape index (κ1) is 21.7. The summed E-state index contributed by atoms with van der Waals surface area (Å²) in [5.41, 5.74) is 1.31. The van der Waals surface area contributed by atoms with Gasteiger partial charge in [-0.25, -0.2) is 28.4 Å². The summed E-state index contributed by atoms with van der Waals surface area (Å²) >= 11 is 0. The first-order chi connectivity index (χ1) is 14.2. The number of hydrogen-bond acceptors (Lipinski definition) is 6. The first-order valence-electron chi connectivity index (χ1n) is 9.71. The number of hydrogen-bond donors (Lipinski definition) is 0. The van der Waals surface area contributed by atoms with Crippen LogP contribution in [0.1, 0.15) is 42.3 Å². The summed E-state index contributed by atoms with van der Waals surface area (Å²) < 4.78 is 27.1. The van der Waals surface area contributed by atoms with E-state index in [-0.39, 0.29) is 29.4 Å². The minimum absolute atomic E-state index is 0.0514. The number of halogens is 2. The number of piperidine rings is 1. The Labute approximate surface area is 173 Å². The lowest BCUT2D eigenvalue weighted by Gasteiger charge is -2.37. The van der Waals surface area contributed by atoms with Gasteiger partial charge in [0.2, 0.25) is 0 Å². The molecule has 0 aliphatic carbocycles. The molecule has 8 nitrogen and oxygen atoms in total. The number of alkyl halides is 2. The van der Waals surface area contributed by atoms with Crippen LogP contribution in [-0.4, -0.2) is 60.8 Å². The number of aliphatic imine (C=N–C) groups is 1. The van der Waals surface area contributed by atoms with Crippen LogP contribution in [0.2, 0.25) is 0 Å². The van der Waals surface area contributed by atoms with Crippen LogP contribution in [0.4, 0.5) is 14.7 Å². The van der Waals surface area contributed by atoms with E-state index in [2.05, 4.69) is 38.5 Å². The first-order valence-corrected chi connectivity index (χ1v) is 9.71. The molecule has 1 aliphatic rings. The molecule has 0 bridgehead atoms. The van der Waals surface area contributed by atoms with Crippen molar-refractivity contribution < 1.29 is 13.6 Å². The monoisotopic (exact) mass is 417 g/mol. The molecule has 0 radical (unpaired) electrons. The van der Waals surface area contributed by atoms with Crippen LogP contribution < -0.4 is 0 Å². The molecular weight excluding hydrogens is 392 g/mol. The molecule has 1 fully saturated rings. The van der Waals surface area contributed by atoms with E-state index >= 15 is 0 Å². The van der Waals surface area contributed by atoms with E-state index in [9.17, 15) is 13.6 Å². The summed E-state index contributed by atoms with van der Waals surface area (Å²) in [7, 11) is 0. The number of amides is 1. The highest BCUT2D eigenvalue weighted by atomic mass is 19.3. The van der Waals surface area contributed by atoms with Crippen LogP contribution in [0.5, 0.6) is 0 Å². The molecule has 0 spiro atoms. The molecule has 0 unspecified atom stereocenters. The maximum absolute atomic E-state index is 13.0. The van der Waals surface area contributed by atoms with Gasteiger partial charge in [0, 0.05) is 30.4 Å². The van der Waals surface area contributed by atoms with Crippen LogP contribution in [0.15, 0.2) is 24.0 Å². The van der Waals surface area contributed by atoms with Gasteiger partial charge in [-0.2, -0.15) is 10.1 Å². The van der Waals surface area contributed by atoms with E-state index in [1.807, 2.05) is 6.92 Å². The van der Waals surface area contributed by atoms with Crippen LogP contribution in [-0.2, 0) is 0 Å². The van der Waals surface area contributed by atoms with Crippen molar-refractivity contribution in [1.82, 2.24) is 29.6 Å². The zero-order valence-corrected chi connectivity index (χ0v) is 17.5. The van der Waals surface area contributed by atoms with Crippen molar-refractivity contribution in [2.75, 3.05) is 13.1 Å². The van der Waals surface area contributed by atoms with Crippen LogP contribution in [0.25, 0.3) is 5.70 Å². The van der Waals surface area contributed by atoms with Gasteiger partial charge < -0.3 is 4.90 Å². The molecule has 1 amide bonds. The van der Waals surface area contributed by atoms with Crippen molar-refractivity contribution >= 4 is 23.3 Å². The Hall–Kier alpha value is -3.04. The van der Waals surface area contributed by atoms with Crippen molar-refractivity contribution in [3.05, 3.63) is 36.2 Å². The molecule has 3 rings (SSSR count). The third-order valence-corrected chi connectivity index (χ3v) is 5.25. The number of rotatable bonds is 5. The lowest BCUT2D eigenvalue weighted by Crippen LogP contribution is -2.44. The van der Waals surface area contributed by atoms with Crippen molar-refractivity contribution in [2.45, 2.75) is 40.5 Å². The van der Waals surface area contributed by atoms with E-state index in [0.717, 1.165) is 12.1 Å². The van der Waals surface area contributed by atoms with Gasteiger partial charge in [0.15, 0.2) is 0 Å². The van der Waals surface area contributed by atoms with Crippen molar-refractivity contribution in [3.63, 3.8) is 0 Å². The van der Waals surface area contributed by atoms with Crippen molar-refractivity contribution in [2.24, 2.45) is 16.8 Å². The molecule has 3 heterocycles. The molecule has 2 aromatic heterocycles. The van der Waals surface area contributed by atoms with E-state index in [0.29, 0.717) is 30.3 Å². The second-order valence-electron chi connectivity index (χ2n) is 7.58. The quantitative estimate of drug-likeness (QED) is 0.697. The molecule has 0 saturated carbocycles. The third kappa shape index (κ3) is 4.58. The van der Waals surface area contributed by atoms with Gasteiger partial charge in [-0.1, -0.05) is 13.5 Å². The Morgan fingerprint density at radius 3 is 2.73 bits per heavy atom. The number of aromatic nitrogens is 5. The summed E-state index contributed by atoms with van der Waals surface area (Å²) in [6, 6.07) is 1.68. The van der Waals surface area contributed by atoms with Gasteiger partial charge >= 0.3 is 0 Å². The summed E-state index contributed by atoms with van der Waals surface area (Å²) in [6.07, 6.45) is -0.655. The number of carbonyl (C=O) groups is 1. The number of aryl methyl sites for hydroxylation is 2. The molecule has 1 aliphatic heterocycles. The molecular formula is C20H25F2N7O.